The fourth-order valence-corrected chi connectivity index (χ4v) is 6.71. The molecule has 2 aliphatic rings. The van der Waals surface area contributed by atoms with Gasteiger partial charge in [-0.25, -0.2) is 4.98 Å². The topological polar surface area (TPSA) is 61.7 Å². The Morgan fingerprint density at radius 3 is 2.24 bits per heavy atom. The number of carbonyl (C=O) groups is 2. The first kappa shape index (κ1) is 27.4. The van der Waals surface area contributed by atoms with Crippen LogP contribution in [-0.2, 0) is 17.8 Å². The van der Waals surface area contributed by atoms with Gasteiger partial charge >= 0.3 is 0 Å². The summed E-state index contributed by atoms with van der Waals surface area (Å²) in [5.41, 5.74) is 5.96. The average molecular weight is 568 g/mol. The molecule has 0 N–H and O–H groups in total. The number of likely N-dealkylation sites (tertiary alicyclic amines) is 1. The molecule has 0 atom stereocenters. The molecular formula is C33H37N5O2S. The van der Waals surface area contributed by atoms with Crippen molar-refractivity contribution in [1.29, 1.82) is 0 Å². The molecule has 0 unspecified atom stereocenters. The molecule has 4 heterocycles. The van der Waals surface area contributed by atoms with Crippen LogP contribution in [0.3, 0.4) is 0 Å². The van der Waals surface area contributed by atoms with E-state index < -0.39 is 0 Å². The van der Waals surface area contributed by atoms with Crippen LogP contribution >= 0.6 is 11.3 Å². The van der Waals surface area contributed by atoms with Crippen molar-refractivity contribution in [2.24, 2.45) is 0 Å². The van der Waals surface area contributed by atoms with Crippen molar-refractivity contribution < 1.29 is 9.59 Å². The number of benzene rings is 2. The molecule has 212 valence electrons. The third-order valence-electron chi connectivity index (χ3n) is 8.33. The second-order valence-electron chi connectivity index (χ2n) is 11.0. The van der Waals surface area contributed by atoms with Crippen molar-refractivity contribution in [1.82, 2.24) is 24.3 Å². The molecule has 0 spiro atoms. The number of amides is 2. The minimum atomic E-state index is 0.0613. The number of thiazole rings is 1. The lowest BCUT2D eigenvalue weighted by molar-refractivity contribution is -0.131. The molecular weight excluding hydrogens is 530 g/mol. The third-order valence-corrected chi connectivity index (χ3v) is 9.22. The summed E-state index contributed by atoms with van der Waals surface area (Å²) >= 11 is 1.63. The van der Waals surface area contributed by atoms with Crippen LogP contribution in [0.15, 0.2) is 72.1 Å². The van der Waals surface area contributed by atoms with Gasteiger partial charge in [0.15, 0.2) is 0 Å². The maximum absolute atomic E-state index is 13.9. The summed E-state index contributed by atoms with van der Waals surface area (Å²) in [5, 5.41) is 3.07. The monoisotopic (exact) mass is 567 g/mol. The van der Waals surface area contributed by atoms with Crippen molar-refractivity contribution in [3.63, 3.8) is 0 Å². The highest BCUT2D eigenvalue weighted by atomic mass is 32.1. The van der Waals surface area contributed by atoms with Gasteiger partial charge in [-0.1, -0.05) is 60.7 Å². The highest BCUT2D eigenvalue weighted by Gasteiger charge is 2.28. The maximum Gasteiger partial charge on any atom is 0.255 e. The summed E-state index contributed by atoms with van der Waals surface area (Å²) in [6.45, 7) is 7.74. The molecule has 0 bridgehead atoms. The first-order valence-electron chi connectivity index (χ1n) is 14.6. The normalized spacial score (nSPS) is 15.9. The number of aryl methyl sites for hydroxylation is 1. The number of nitrogens with zero attached hydrogens (tertiary/aromatic N) is 5. The van der Waals surface area contributed by atoms with Gasteiger partial charge in [-0.05, 0) is 37.8 Å². The standard InChI is InChI=1S/C33H37N5O2S/c1-25-28(33(40)37-20-18-35(19-21-37)23-31(39)36-15-8-9-16-36)22-30(38(25)17-14-26-10-4-2-5-11-26)29-24-41-32(34-29)27-12-6-3-7-13-27/h2-7,10-13,22,24H,8-9,14-21,23H2,1H3. The summed E-state index contributed by atoms with van der Waals surface area (Å²) in [7, 11) is 0. The Kier molecular flexibility index (Phi) is 8.30. The number of aromatic nitrogens is 2. The van der Waals surface area contributed by atoms with Gasteiger partial charge in [0.1, 0.15) is 5.01 Å². The SMILES string of the molecule is Cc1c(C(=O)N2CCN(CC(=O)N3CCCC3)CC2)cc(-c2csc(-c3ccccc3)n2)n1CCc1ccccc1. The molecule has 8 heteroatoms. The van der Waals surface area contributed by atoms with Crippen molar-refractivity contribution in [3.05, 3.63) is 88.9 Å². The lowest BCUT2D eigenvalue weighted by Gasteiger charge is -2.35. The minimum Gasteiger partial charge on any atom is -0.342 e. The van der Waals surface area contributed by atoms with Gasteiger partial charge in [-0.15, -0.1) is 11.3 Å². The van der Waals surface area contributed by atoms with E-state index in [-0.39, 0.29) is 11.8 Å². The average Bonchev–Trinajstić information content (AvgIpc) is 3.78. The molecule has 6 rings (SSSR count). The van der Waals surface area contributed by atoms with E-state index in [1.165, 1.54) is 5.56 Å². The summed E-state index contributed by atoms with van der Waals surface area (Å²) in [5.74, 6) is 0.280. The van der Waals surface area contributed by atoms with Crippen LogP contribution in [0, 0.1) is 6.92 Å². The largest absolute Gasteiger partial charge is 0.342 e. The first-order chi connectivity index (χ1) is 20.1. The van der Waals surface area contributed by atoms with E-state index in [9.17, 15) is 9.59 Å². The van der Waals surface area contributed by atoms with Crippen LogP contribution in [-0.4, -0.2) is 81.9 Å². The van der Waals surface area contributed by atoms with Crippen molar-refractivity contribution in [2.75, 3.05) is 45.8 Å². The highest BCUT2D eigenvalue weighted by molar-refractivity contribution is 7.13. The molecule has 41 heavy (non-hydrogen) atoms. The summed E-state index contributed by atoms with van der Waals surface area (Å²) in [4.78, 5) is 37.6. The third kappa shape index (κ3) is 6.14. The van der Waals surface area contributed by atoms with E-state index in [4.69, 9.17) is 4.98 Å². The Labute approximate surface area is 246 Å². The zero-order chi connectivity index (χ0) is 28.2. The van der Waals surface area contributed by atoms with Crippen LogP contribution in [0.4, 0.5) is 0 Å². The fourth-order valence-electron chi connectivity index (χ4n) is 5.89. The number of piperazine rings is 1. The summed E-state index contributed by atoms with van der Waals surface area (Å²) < 4.78 is 2.26. The summed E-state index contributed by atoms with van der Waals surface area (Å²) in [6, 6.07) is 22.7. The zero-order valence-electron chi connectivity index (χ0n) is 23.7. The Balaban J connectivity index is 1.21. The fraction of sp³-hybridized carbons (Fsp3) is 0.364. The molecule has 2 aromatic heterocycles. The van der Waals surface area contributed by atoms with Gasteiger partial charge in [0.2, 0.25) is 5.91 Å². The molecule has 2 saturated heterocycles. The van der Waals surface area contributed by atoms with E-state index in [0.29, 0.717) is 19.6 Å². The Morgan fingerprint density at radius 2 is 1.54 bits per heavy atom. The maximum atomic E-state index is 13.9. The van der Waals surface area contributed by atoms with Gasteiger partial charge in [-0.3, -0.25) is 14.5 Å². The number of carbonyl (C=O) groups excluding carboxylic acids is 2. The number of hydrogen-bond donors (Lipinski definition) is 0. The van der Waals surface area contributed by atoms with Gasteiger partial charge in [-0.2, -0.15) is 0 Å². The van der Waals surface area contributed by atoms with Gasteiger partial charge in [0, 0.05) is 62.5 Å². The van der Waals surface area contributed by atoms with Crippen molar-refractivity contribution in [3.8, 4) is 22.0 Å². The Morgan fingerprint density at radius 1 is 0.854 bits per heavy atom. The second kappa shape index (κ2) is 12.4. The van der Waals surface area contributed by atoms with Crippen molar-refractivity contribution in [2.45, 2.75) is 32.7 Å². The molecule has 0 aliphatic carbocycles. The quantitative estimate of drug-likeness (QED) is 0.293. The number of hydrogen-bond acceptors (Lipinski definition) is 5. The van der Waals surface area contributed by atoms with E-state index in [1.807, 2.05) is 40.1 Å². The Hall–Kier alpha value is -3.75. The van der Waals surface area contributed by atoms with E-state index >= 15 is 0 Å². The molecule has 0 saturated carbocycles. The van der Waals surface area contributed by atoms with Crippen LogP contribution in [0.1, 0.15) is 34.5 Å². The van der Waals surface area contributed by atoms with Crippen molar-refractivity contribution >= 4 is 23.2 Å². The van der Waals surface area contributed by atoms with Gasteiger partial charge < -0.3 is 14.4 Å². The highest BCUT2D eigenvalue weighted by Crippen LogP contribution is 2.32. The molecule has 2 fully saturated rings. The smallest absolute Gasteiger partial charge is 0.255 e. The first-order valence-corrected chi connectivity index (χ1v) is 15.5. The van der Waals surface area contributed by atoms with Gasteiger partial charge in [0.05, 0.1) is 23.5 Å². The molecule has 2 amide bonds. The van der Waals surface area contributed by atoms with Gasteiger partial charge in [0.25, 0.3) is 5.91 Å². The molecule has 2 aromatic carbocycles. The molecule has 7 nitrogen and oxygen atoms in total. The predicted molar refractivity (Wildman–Crippen MR) is 164 cm³/mol. The zero-order valence-corrected chi connectivity index (χ0v) is 24.5. The van der Waals surface area contributed by atoms with Crippen LogP contribution < -0.4 is 0 Å². The van der Waals surface area contributed by atoms with E-state index in [2.05, 4.69) is 58.2 Å². The van der Waals surface area contributed by atoms with E-state index in [1.54, 1.807) is 11.3 Å². The second-order valence-corrected chi connectivity index (χ2v) is 11.8. The van der Waals surface area contributed by atoms with E-state index in [0.717, 1.165) is 85.2 Å². The molecule has 2 aliphatic heterocycles. The van der Waals surface area contributed by atoms with Crippen LogP contribution in [0.5, 0.6) is 0 Å². The number of rotatable bonds is 8. The lowest BCUT2D eigenvalue weighted by atomic mass is 10.1. The molecule has 4 aromatic rings. The van der Waals surface area contributed by atoms with Crippen LogP contribution in [0.2, 0.25) is 0 Å². The predicted octanol–water partition coefficient (Wildman–Crippen LogP) is 5.21. The lowest BCUT2D eigenvalue weighted by Crippen LogP contribution is -2.51. The minimum absolute atomic E-state index is 0.0613. The van der Waals surface area contributed by atoms with Crippen LogP contribution in [0.25, 0.3) is 22.0 Å². The molecule has 0 radical (unpaired) electrons. The summed E-state index contributed by atoms with van der Waals surface area (Å²) in [6.07, 6.45) is 3.08. The Bertz CT molecular complexity index is 1480.